The van der Waals surface area contributed by atoms with E-state index in [4.69, 9.17) is 4.74 Å². The molecule has 2 aromatic heterocycles. The van der Waals surface area contributed by atoms with Crippen molar-refractivity contribution in [1.82, 2.24) is 14.6 Å². The van der Waals surface area contributed by atoms with Crippen LogP contribution in [0.5, 0.6) is 5.88 Å². The smallest absolute Gasteiger partial charge is 0.309 e. The van der Waals surface area contributed by atoms with Crippen LogP contribution in [0.15, 0.2) is 36.7 Å². The number of nitrogens with zero attached hydrogens (tertiary/aromatic N) is 3. The van der Waals surface area contributed by atoms with Crippen LogP contribution in [-0.4, -0.2) is 45.4 Å². The van der Waals surface area contributed by atoms with E-state index in [0.717, 1.165) is 36.4 Å². The van der Waals surface area contributed by atoms with Crippen molar-refractivity contribution in [2.24, 2.45) is 5.92 Å². The number of aromatic hydroxyl groups is 1. The van der Waals surface area contributed by atoms with Gasteiger partial charge >= 0.3 is 5.97 Å². The predicted molar refractivity (Wildman–Crippen MR) is 101 cm³/mol. The Morgan fingerprint density at radius 3 is 2.78 bits per heavy atom. The first-order valence-corrected chi connectivity index (χ1v) is 10.1. The van der Waals surface area contributed by atoms with Gasteiger partial charge in [0.15, 0.2) is 6.04 Å². The van der Waals surface area contributed by atoms with E-state index in [1.165, 1.54) is 27.1 Å². The van der Waals surface area contributed by atoms with Crippen LogP contribution in [0.2, 0.25) is 0 Å². The predicted octanol–water partition coefficient (Wildman–Crippen LogP) is 1.44. The number of hydrogen-bond donors (Lipinski definition) is 2. The van der Waals surface area contributed by atoms with E-state index < -0.39 is 0 Å². The number of ether oxygens (including phenoxy) is 1. The van der Waals surface area contributed by atoms with E-state index in [-0.39, 0.29) is 23.8 Å². The lowest BCUT2D eigenvalue weighted by Crippen LogP contribution is -3.13. The zero-order valence-corrected chi connectivity index (χ0v) is 16.0. The Morgan fingerprint density at radius 2 is 2.11 bits per heavy atom. The third-order valence-corrected chi connectivity index (χ3v) is 6.29. The molecule has 1 fully saturated rings. The molecule has 0 saturated carbocycles. The molecule has 0 amide bonds. The molecule has 27 heavy (non-hydrogen) atoms. The van der Waals surface area contributed by atoms with E-state index in [1.807, 2.05) is 25.1 Å². The summed E-state index contributed by atoms with van der Waals surface area (Å²) in [5.41, 5.74) is 1.14. The van der Waals surface area contributed by atoms with Crippen LogP contribution in [0, 0.1) is 5.92 Å². The minimum Gasteiger partial charge on any atom is -0.492 e. The molecule has 1 aliphatic heterocycles. The number of aromatic nitrogens is 3. The molecule has 8 heteroatoms. The molecule has 2 N–H and O–H groups in total. The number of thiazole rings is 1. The molecule has 4 rings (SSSR count). The first-order valence-electron chi connectivity index (χ1n) is 9.26. The second-order valence-corrected chi connectivity index (χ2v) is 7.78. The van der Waals surface area contributed by atoms with E-state index in [9.17, 15) is 9.90 Å². The van der Waals surface area contributed by atoms with Crippen LogP contribution in [0.3, 0.4) is 0 Å². The van der Waals surface area contributed by atoms with Crippen LogP contribution < -0.4 is 4.90 Å². The molecule has 1 aromatic carbocycles. The quantitative estimate of drug-likeness (QED) is 0.648. The minimum absolute atomic E-state index is 0.0113. The average molecular weight is 387 g/mol. The van der Waals surface area contributed by atoms with Gasteiger partial charge in [0.1, 0.15) is 11.2 Å². The fourth-order valence-corrected chi connectivity index (χ4v) is 4.99. The summed E-state index contributed by atoms with van der Waals surface area (Å²) >= 11 is 1.47. The van der Waals surface area contributed by atoms with E-state index >= 15 is 0 Å². The summed E-state index contributed by atoms with van der Waals surface area (Å²) in [4.78, 5) is 19.2. The summed E-state index contributed by atoms with van der Waals surface area (Å²) in [6, 6.07) is 10.2. The summed E-state index contributed by atoms with van der Waals surface area (Å²) < 4.78 is 6.68. The fourth-order valence-electron chi connectivity index (χ4n) is 3.87. The van der Waals surface area contributed by atoms with Gasteiger partial charge in [-0.1, -0.05) is 41.7 Å². The lowest BCUT2D eigenvalue weighted by Gasteiger charge is -2.33. The number of quaternary nitrogens is 1. The molecule has 142 valence electrons. The van der Waals surface area contributed by atoms with Gasteiger partial charge in [0.2, 0.25) is 10.8 Å². The first-order chi connectivity index (χ1) is 13.2. The Hall–Kier alpha value is -2.45. The maximum absolute atomic E-state index is 12.1. The van der Waals surface area contributed by atoms with Crippen LogP contribution in [0.1, 0.15) is 36.2 Å². The Bertz CT molecular complexity index is 916. The number of carbonyl (C=O) groups is 1. The zero-order valence-electron chi connectivity index (χ0n) is 15.2. The van der Waals surface area contributed by atoms with Crippen molar-refractivity contribution >= 4 is 22.3 Å². The van der Waals surface area contributed by atoms with Crippen molar-refractivity contribution in [3.8, 4) is 5.88 Å². The van der Waals surface area contributed by atoms with Crippen molar-refractivity contribution in [2.45, 2.75) is 25.8 Å². The number of esters is 1. The SMILES string of the molecule is CCOC(=O)C1CC[NH+]([C@@H](c2ccccc2)c2sc3ncnn3c2O)CC1. The largest absolute Gasteiger partial charge is 0.492 e. The standard InChI is InChI=1S/C19H22N4O3S/c1-2-26-18(25)14-8-10-22(11-9-14)15(13-6-4-3-5-7-13)16-17(24)23-19(27-16)20-12-21-23/h3-7,12,14-15,24H,2,8-11H2,1H3/p+1/t15-/m0/s1. The maximum atomic E-state index is 12.1. The number of benzene rings is 1. The van der Waals surface area contributed by atoms with Gasteiger partial charge < -0.3 is 14.7 Å². The summed E-state index contributed by atoms with van der Waals surface area (Å²) in [7, 11) is 0. The molecule has 0 spiro atoms. The topological polar surface area (TPSA) is 81.2 Å². The number of likely N-dealkylation sites (tertiary alicyclic amines) is 1. The number of nitrogens with one attached hydrogen (secondary N) is 1. The second kappa shape index (κ2) is 7.66. The van der Waals surface area contributed by atoms with Gasteiger partial charge in [0.25, 0.3) is 0 Å². The molecule has 1 atom stereocenters. The molecule has 3 aromatic rings. The van der Waals surface area contributed by atoms with Crippen molar-refractivity contribution in [3.63, 3.8) is 0 Å². The van der Waals surface area contributed by atoms with Gasteiger partial charge in [-0.15, -0.1) is 0 Å². The fraction of sp³-hybridized carbons (Fsp3) is 0.421. The highest BCUT2D eigenvalue weighted by Crippen LogP contribution is 2.35. The lowest BCUT2D eigenvalue weighted by molar-refractivity contribution is -0.930. The summed E-state index contributed by atoms with van der Waals surface area (Å²) in [5, 5.41) is 14.8. The molecular formula is C19H23N4O3S+. The van der Waals surface area contributed by atoms with Crippen LogP contribution in [0.4, 0.5) is 0 Å². The van der Waals surface area contributed by atoms with Crippen LogP contribution >= 0.6 is 11.3 Å². The molecule has 3 heterocycles. The Labute approximate surface area is 161 Å². The van der Waals surface area contributed by atoms with Gasteiger partial charge in [-0.05, 0) is 6.92 Å². The molecule has 0 radical (unpaired) electrons. The number of rotatable bonds is 5. The molecule has 0 aliphatic carbocycles. The van der Waals surface area contributed by atoms with Crippen molar-refractivity contribution in [1.29, 1.82) is 0 Å². The highest BCUT2D eigenvalue weighted by atomic mass is 32.1. The third-order valence-electron chi connectivity index (χ3n) is 5.19. The molecule has 7 nitrogen and oxygen atoms in total. The molecule has 1 aliphatic rings. The second-order valence-electron chi connectivity index (χ2n) is 6.77. The number of piperidine rings is 1. The van der Waals surface area contributed by atoms with Crippen molar-refractivity contribution < 1.29 is 19.5 Å². The summed E-state index contributed by atoms with van der Waals surface area (Å²) in [5.74, 6) is 0.0388. The first kappa shape index (κ1) is 17.9. The molecule has 1 saturated heterocycles. The Balaban J connectivity index is 1.63. The van der Waals surface area contributed by atoms with Gasteiger partial charge in [-0.25, -0.2) is 4.98 Å². The van der Waals surface area contributed by atoms with E-state index in [1.54, 1.807) is 0 Å². The van der Waals surface area contributed by atoms with E-state index in [2.05, 4.69) is 22.2 Å². The molecule has 0 unspecified atom stereocenters. The molecular weight excluding hydrogens is 364 g/mol. The van der Waals surface area contributed by atoms with Crippen molar-refractivity contribution in [2.75, 3.05) is 19.7 Å². The Morgan fingerprint density at radius 1 is 1.37 bits per heavy atom. The number of carbonyl (C=O) groups excluding carboxylic acids is 1. The third kappa shape index (κ3) is 3.42. The zero-order chi connectivity index (χ0) is 18.8. The highest BCUT2D eigenvalue weighted by Gasteiger charge is 2.37. The normalized spacial score (nSPS) is 21.2. The highest BCUT2D eigenvalue weighted by molar-refractivity contribution is 7.17. The van der Waals surface area contributed by atoms with Crippen LogP contribution in [0.25, 0.3) is 4.96 Å². The minimum atomic E-state index is -0.0885. The van der Waals surface area contributed by atoms with E-state index in [0.29, 0.717) is 11.6 Å². The van der Waals surface area contributed by atoms with Gasteiger partial charge in [0.05, 0.1) is 25.6 Å². The average Bonchev–Trinajstić information content (AvgIpc) is 3.27. The summed E-state index contributed by atoms with van der Waals surface area (Å²) in [6.45, 7) is 3.95. The van der Waals surface area contributed by atoms with Gasteiger partial charge in [0, 0.05) is 18.4 Å². The monoisotopic (exact) mass is 387 g/mol. The maximum Gasteiger partial charge on any atom is 0.309 e. The Kier molecular flexibility index (Phi) is 5.09. The number of hydrogen-bond acceptors (Lipinski definition) is 6. The summed E-state index contributed by atoms with van der Waals surface area (Å²) in [6.07, 6.45) is 3.03. The molecule has 0 bridgehead atoms. The van der Waals surface area contributed by atoms with Crippen LogP contribution in [-0.2, 0) is 9.53 Å². The van der Waals surface area contributed by atoms with Crippen molar-refractivity contribution in [3.05, 3.63) is 47.1 Å². The lowest BCUT2D eigenvalue weighted by atomic mass is 9.94. The number of fused-ring (bicyclic) bond motifs is 1. The van der Waals surface area contributed by atoms with Gasteiger partial charge in [-0.2, -0.15) is 9.61 Å². The van der Waals surface area contributed by atoms with Gasteiger partial charge in [-0.3, -0.25) is 4.79 Å².